The molecule has 0 aromatic heterocycles. The second kappa shape index (κ2) is 6.54. The number of rotatable bonds is 5. The number of carbonyl (C=O) groups excluding carboxylic acids is 1. The molecule has 0 N–H and O–H groups in total. The first kappa shape index (κ1) is 13.0. The van der Waals surface area contributed by atoms with Gasteiger partial charge in [0.2, 0.25) is 0 Å². The molecule has 4 heteroatoms. The van der Waals surface area contributed by atoms with Crippen LogP contribution >= 0.6 is 0 Å². The van der Waals surface area contributed by atoms with E-state index in [1.807, 2.05) is 30.3 Å². The van der Waals surface area contributed by atoms with Crippen molar-refractivity contribution in [3.8, 4) is 11.8 Å². The fourth-order valence-corrected chi connectivity index (χ4v) is 1.46. The fraction of sp³-hybridized carbons (Fsp3) is 0.385. The highest BCUT2D eigenvalue weighted by Crippen LogP contribution is 2.16. The molecule has 4 nitrogen and oxygen atoms in total. The summed E-state index contributed by atoms with van der Waals surface area (Å²) in [5.41, 5.74) is 0.879. The smallest absolute Gasteiger partial charge is 0.323 e. The zero-order chi connectivity index (χ0) is 12.7. The number of hydrogen-bond donors (Lipinski definition) is 0. The molecule has 0 saturated heterocycles. The van der Waals surface area contributed by atoms with Crippen LogP contribution in [-0.2, 0) is 16.0 Å². The molecule has 0 bridgehead atoms. The Hall–Kier alpha value is -2.02. The molecule has 0 radical (unpaired) electrons. The summed E-state index contributed by atoms with van der Waals surface area (Å²) in [6.45, 7) is 2.01. The van der Waals surface area contributed by atoms with E-state index in [0.717, 1.165) is 5.56 Å². The standard InChI is InChI=1S/C13H15NO3/c1-3-17-13(15)11(9-14)7-10-5-4-6-12(8-10)16-2/h4-6,8,11H,3,7H2,1-2H3. The van der Waals surface area contributed by atoms with Crippen LogP contribution in [0.2, 0.25) is 0 Å². The second-order valence-electron chi connectivity index (χ2n) is 3.49. The molecular weight excluding hydrogens is 218 g/mol. The molecule has 0 spiro atoms. The van der Waals surface area contributed by atoms with Crippen LogP contribution in [0, 0.1) is 17.2 Å². The van der Waals surface area contributed by atoms with E-state index in [-0.39, 0.29) is 6.61 Å². The lowest BCUT2D eigenvalue weighted by molar-refractivity contribution is -0.145. The third-order valence-corrected chi connectivity index (χ3v) is 2.30. The summed E-state index contributed by atoms with van der Waals surface area (Å²) in [4.78, 5) is 11.5. The minimum absolute atomic E-state index is 0.287. The van der Waals surface area contributed by atoms with Gasteiger partial charge in [0.25, 0.3) is 0 Å². The van der Waals surface area contributed by atoms with Crippen LogP contribution in [0.4, 0.5) is 0 Å². The molecule has 0 saturated carbocycles. The lowest BCUT2D eigenvalue weighted by Crippen LogP contribution is -2.18. The third kappa shape index (κ3) is 3.80. The Labute approximate surface area is 101 Å². The van der Waals surface area contributed by atoms with Gasteiger partial charge in [-0.3, -0.25) is 4.79 Å². The number of hydrogen-bond acceptors (Lipinski definition) is 4. The van der Waals surface area contributed by atoms with Crippen molar-refractivity contribution in [3.63, 3.8) is 0 Å². The van der Waals surface area contributed by atoms with E-state index in [4.69, 9.17) is 14.7 Å². The van der Waals surface area contributed by atoms with Crippen molar-refractivity contribution in [1.29, 1.82) is 5.26 Å². The quantitative estimate of drug-likeness (QED) is 0.729. The summed E-state index contributed by atoms with van der Waals surface area (Å²) in [6.07, 6.45) is 0.340. The lowest BCUT2D eigenvalue weighted by Gasteiger charge is -2.09. The number of ether oxygens (including phenoxy) is 2. The minimum atomic E-state index is -0.762. The molecule has 0 heterocycles. The van der Waals surface area contributed by atoms with Gasteiger partial charge in [0, 0.05) is 0 Å². The van der Waals surface area contributed by atoms with Gasteiger partial charge in [0.1, 0.15) is 11.7 Å². The second-order valence-corrected chi connectivity index (χ2v) is 3.49. The SMILES string of the molecule is CCOC(=O)C(C#N)Cc1cccc(OC)c1. The summed E-state index contributed by atoms with van der Waals surface area (Å²) < 4.78 is 9.91. The summed E-state index contributed by atoms with van der Waals surface area (Å²) in [5, 5.41) is 8.93. The van der Waals surface area contributed by atoms with Crippen LogP contribution in [0.3, 0.4) is 0 Å². The predicted octanol–water partition coefficient (Wildman–Crippen LogP) is 1.94. The van der Waals surface area contributed by atoms with E-state index in [1.165, 1.54) is 0 Å². The van der Waals surface area contributed by atoms with Gasteiger partial charge >= 0.3 is 5.97 Å². The van der Waals surface area contributed by atoms with E-state index in [1.54, 1.807) is 14.0 Å². The molecule has 1 aromatic carbocycles. The van der Waals surface area contributed by atoms with Gasteiger partial charge in [-0.15, -0.1) is 0 Å². The normalized spacial score (nSPS) is 11.4. The Morgan fingerprint density at radius 2 is 2.29 bits per heavy atom. The topological polar surface area (TPSA) is 59.3 Å². The Morgan fingerprint density at radius 1 is 1.53 bits per heavy atom. The van der Waals surface area contributed by atoms with E-state index in [2.05, 4.69) is 0 Å². The first-order valence-electron chi connectivity index (χ1n) is 5.40. The molecule has 0 amide bonds. The van der Waals surface area contributed by atoms with Crippen LogP contribution in [0.1, 0.15) is 12.5 Å². The molecule has 0 aliphatic carbocycles. The molecule has 1 unspecified atom stereocenters. The van der Waals surface area contributed by atoms with Gasteiger partial charge in [-0.05, 0) is 31.0 Å². The van der Waals surface area contributed by atoms with Crippen LogP contribution < -0.4 is 4.74 Å². The summed E-state index contributed by atoms with van der Waals surface area (Å²) in [5.74, 6) is -0.525. The molecule has 0 aliphatic heterocycles. The molecule has 17 heavy (non-hydrogen) atoms. The first-order valence-corrected chi connectivity index (χ1v) is 5.40. The van der Waals surface area contributed by atoms with E-state index in [0.29, 0.717) is 12.2 Å². The van der Waals surface area contributed by atoms with Crippen molar-refractivity contribution in [2.45, 2.75) is 13.3 Å². The number of benzene rings is 1. The van der Waals surface area contributed by atoms with Gasteiger partial charge < -0.3 is 9.47 Å². The van der Waals surface area contributed by atoms with Gasteiger partial charge in [0.15, 0.2) is 0 Å². The van der Waals surface area contributed by atoms with Crippen molar-refractivity contribution in [2.24, 2.45) is 5.92 Å². The van der Waals surface area contributed by atoms with Crippen molar-refractivity contribution < 1.29 is 14.3 Å². The highest BCUT2D eigenvalue weighted by atomic mass is 16.5. The van der Waals surface area contributed by atoms with Crippen LogP contribution in [-0.4, -0.2) is 19.7 Å². The predicted molar refractivity (Wildman–Crippen MR) is 62.4 cm³/mol. The zero-order valence-electron chi connectivity index (χ0n) is 9.97. The first-order chi connectivity index (χ1) is 8.21. The van der Waals surface area contributed by atoms with Crippen molar-refractivity contribution >= 4 is 5.97 Å². The molecular formula is C13H15NO3. The number of esters is 1. The molecule has 1 atom stereocenters. The molecule has 0 aliphatic rings. The van der Waals surface area contributed by atoms with Crippen molar-refractivity contribution in [2.75, 3.05) is 13.7 Å². The van der Waals surface area contributed by atoms with E-state index >= 15 is 0 Å². The van der Waals surface area contributed by atoms with Crippen LogP contribution in [0.5, 0.6) is 5.75 Å². The average Bonchev–Trinajstić information content (AvgIpc) is 2.36. The summed E-state index contributed by atoms with van der Waals surface area (Å²) >= 11 is 0. The Balaban J connectivity index is 2.74. The lowest BCUT2D eigenvalue weighted by atomic mass is 10.0. The number of carbonyl (C=O) groups is 1. The molecule has 0 fully saturated rings. The van der Waals surface area contributed by atoms with Gasteiger partial charge in [-0.1, -0.05) is 12.1 Å². The van der Waals surface area contributed by atoms with Crippen molar-refractivity contribution in [1.82, 2.24) is 0 Å². The number of nitriles is 1. The maximum Gasteiger partial charge on any atom is 0.323 e. The minimum Gasteiger partial charge on any atom is -0.497 e. The Bertz CT molecular complexity index is 423. The van der Waals surface area contributed by atoms with Crippen molar-refractivity contribution in [3.05, 3.63) is 29.8 Å². The van der Waals surface area contributed by atoms with E-state index in [9.17, 15) is 4.79 Å². The third-order valence-electron chi connectivity index (χ3n) is 2.30. The van der Waals surface area contributed by atoms with Crippen LogP contribution in [0.15, 0.2) is 24.3 Å². The number of nitrogens with zero attached hydrogens (tertiary/aromatic N) is 1. The van der Waals surface area contributed by atoms with Gasteiger partial charge in [-0.2, -0.15) is 5.26 Å². The summed E-state index contributed by atoms with van der Waals surface area (Å²) in [6, 6.07) is 9.26. The van der Waals surface area contributed by atoms with Gasteiger partial charge in [0.05, 0.1) is 19.8 Å². The molecule has 90 valence electrons. The largest absolute Gasteiger partial charge is 0.497 e. The average molecular weight is 233 g/mol. The van der Waals surface area contributed by atoms with Gasteiger partial charge in [-0.25, -0.2) is 0 Å². The summed E-state index contributed by atoms with van der Waals surface area (Å²) in [7, 11) is 1.58. The van der Waals surface area contributed by atoms with E-state index < -0.39 is 11.9 Å². The zero-order valence-corrected chi connectivity index (χ0v) is 9.97. The maximum absolute atomic E-state index is 11.5. The maximum atomic E-state index is 11.5. The fourth-order valence-electron chi connectivity index (χ4n) is 1.46. The monoisotopic (exact) mass is 233 g/mol. The number of methoxy groups -OCH3 is 1. The Morgan fingerprint density at radius 3 is 2.88 bits per heavy atom. The highest BCUT2D eigenvalue weighted by molar-refractivity contribution is 5.75. The molecule has 1 rings (SSSR count). The Kier molecular flexibility index (Phi) is 5.02. The molecule has 1 aromatic rings. The van der Waals surface area contributed by atoms with Crippen LogP contribution in [0.25, 0.3) is 0 Å². The highest BCUT2D eigenvalue weighted by Gasteiger charge is 2.19.